The third-order valence-electron chi connectivity index (χ3n) is 3.06. The van der Waals surface area contributed by atoms with Crippen molar-refractivity contribution >= 4 is 18.4 Å². The van der Waals surface area contributed by atoms with Crippen LogP contribution in [-0.2, 0) is 6.54 Å². The number of aromatic carboxylic acids is 1. The molecule has 0 aliphatic carbocycles. The zero-order valence-electron chi connectivity index (χ0n) is 12.0. The molecule has 2 rings (SSSR count). The number of carboxylic acid groups (broad SMARTS) is 1. The summed E-state index contributed by atoms with van der Waals surface area (Å²) in [6.45, 7) is 3.82. The van der Waals surface area contributed by atoms with Crippen molar-refractivity contribution in [3.05, 3.63) is 47.7 Å². The molecule has 5 heteroatoms. The van der Waals surface area contributed by atoms with Crippen molar-refractivity contribution in [3.63, 3.8) is 0 Å². The lowest BCUT2D eigenvalue weighted by molar-refractivity contribution is 0.0697. The van der Waals surface area contributed by atoms with E-state index in [1.165, 1.54) is 6.42 Å². The van der Waals surface area contributed by atoms with Gasteiger partial charge in [-0.1, -0.05) is 25.5 Å². The average molecular weight is 310 g/mol. The molecule has 0 saturated carbocycles. The Balaban J connectivity index is 0.00000220. The lowest BCUT2D eigenvalue weighted by Crippen LogP contribution is -2.13. The summed E-state index contributed by atoms with van der Waals surface area (Å²) >= 11 is 0. The van der Waals surface area contributed by atoms with Crippen molar-refractivity contribution in [1.29, 1.82) is 0 Å². The number of hydrogen-bond acceptors (Lipinski definition) is 3. The van der Waals surface area contributed by atoms with Crippen LogP contribution in [0.1, 0.15) is 35.9 Å². The summed E-state index contributed by atoms with van der Waals surface area (Å²) in [5.41, 5.74) is 1.05. The lowest BCUT2D eigenvalue weighted by atomic mass is 10.1. The van der Waals surface area contributed by atoms with Crippen molar-refractivity contribution in [3.8, 4) is 11.3 Å². The number of hydrogen-bond donors (Lipinski definition) is 2. The molecule has 1 aromatic heterocycles. The van der Waals surface area contributed by atoms with Crippen LogP contribution < -0.4 is 5.32 Å². The van der Waals surface area contributed by atoms with Crippen molar-refractivity contribution in [2.75, 3.05) is 6.54 Å². The predicted octanol–water partition coefficient (Wildman–Crippen LogP) is 3.96. The Morgan fingerprint density at radius 1 is 1.29 bits per heavy atom. The molecule has 114 valence electrons. The van der Waals surface area contributed by atoms with Crippen molar-refractivity contribution in [2.45, 2.75) is 26.3 Å². The smallest absolute Gasteiger partial charge is 0.335 e. The molecule has 1 aromatic carbocycles. The topological polar surface area (TPSA) is 62.5 Å². The Labute approximate surface area is 130 Å². The van der Waals surface area contributed by atoms with Gasteiger partial charge in [0.05, 0.1) is 12.1 Å². The quantitative estimate of drug-likeness (QED) is 0.760. The Morgan fingerprint density at radius 2 is 2.10 bits per heavy atom. The number of benzene rings is 1. The molecule has 0 atom stereocenters. The van der Waals surface area contributed by atoms with Gasteiger partial charge in [-0.05, 0) is 37.2 Å². The van der Waals surface area contributed by atoms with Gasteiger partial charge in [0, 0.05) is 5.56 Å². The van der Waals surface area contributed by atoms with Gasteiger partial charge in [-0.2, -0.15) is 0 Å². The summed E-state index contributed by atoms with van der Waals surface area (Å²) in [6.07, 6.45) is 2.31. The molecule has 2 aromatic rings. The molecule has 0 aliphatic heterocycles. The number of carbonyl (C=O) groups is 1. The van der Waals surface area contributed by atoms with Crippen LogP contribution in [0.15, 0.2) is 40.8 Å². The highest BCUT2D eigenvalue weighted by Gasteiger charge is 2.08. The standard InChI is InChI=1S/C16H19NO3.ClH/c1-2-3-9-17-11-14-7-8-15(20-14)12-5-4-6-13(10-12)16(18)19;/h4-8,10,17H,2-3,9,11H2,1H3,(H,18,19);1H. The molecule has 21 heavy (non-hydrogen) atoms. The summed E-state index contributed by atoms with van der Waals surface area (Å²) in [7, 11) is 0. The number of furan rings is 1. The van der Waals surface area contributed by atoms with Gasteiger partial charge in [-0.3, -0.25) is 0 Å². The highest BCUT2D eigenvalue weighted by molar-refractivity contribution is 5.89. The fraction of sp³-hybridized carbons (Fsp3) is 0.312. The maximum atomic E-state index is 11.0. The molecule has 0 saturated heterocycles. The first-order valence-electron chi connectivity index (χ1n) is 6.84. The van der Waals surface area contributed by atoms with Crippen LogP contribution in [0.5, 0.6) is 0 Å². The summed E-state index contributed by atoms with van der Waals surface area (Å²) in [4.78, 5) is 11.0. The molecule has 0 unspecified atom stereocenters. The second kappa shape index (κ2) is 8.49. The largest absolute Gasteiger partial charge is 0.478 e. The van der Waals surface area contributed by atoms with E-state index >= 15 is 0 Å². The number of unbranched alkanes of at least 4 members (excludes halogenated alkanes) is 1. The van der Waals surface area contributed by atoms with E-state index < -0.39 is 5.97 Å². The van der Waals surface area contributed by atoms with E-state index in [-0.39, 0.29) is 18.0 Å². The minimum atomic E-state index is -0.931. The van der Waals surface area contributed by atoms with Gasteiger partial charge in [0.1, 0.15) is 11.5 Å². The number of rotatable bonds is 7. The fourth-order valence-corrected chi connectivity index (χ4v) is 1.95. The van der Waals surface area contributed by atoms with Gasteiger partial charge in [-0.25, -0.2) is 4.79 Å². The minimum Gasteiger partial charge on any atom is -0.478 e. The van der Waals surface area contributed by atoms with Gasteiger partial charge >= 0.3 is 5.97 Å². The molecular formula is C16H20ClNO3. The Kier molecular flexibility index (Phi) is 6.99. The molecule has 1 heterocycles. The Morgan fingerprint density at radius 3 is 2.81 bits per heavy atom. The molecule has 0 fully saturated rings. The van der Waals surface area contributed by atoms with Crippen molar-refractivity contribution < 1.29 is 14.3 Å². The number of carboxylic acids is 1. The van der Waals surface area contributed by atoms with Gasteiger partial charge in [0.25, 0.3) is 0 Å². The van der Waals surface area contributed by atoms with Gasteiger partial charge in [0.15, 0.2) is 0 Å². The molecular weight excluding hydrogens is 290 g/mol. The molecule has 0 radical (unpaired) electrons. The zero-order valence-corrected chi connectivity index (χ0v) is 12.8. The predicted molar refractivity (Wildman–Crippen MR) is 85.0 cm³/mol. The monoisotopic (exact) mass is 309 g/mol. The first-order chi connectivity index (χ1) is 9.70. The van der Waals surface area contributed by atoms with Crippen LogP contribution in [-0.4, -0.2) is 17.6 Å². The summed E-state index contributed by atoms with van der Waals surface area (Å²) < 4.78 is 5.73. The average Bonchev–Trinajstić information content (AvgIpc) is 2.92. The molecule has 0 aliphatic rings. The minimum absolute atomic E-state index is 0. The SMILES string of the molecule is CCCCNCc1ccc(-c2cccc(C(=O)O)c2)o1.Cl. The molecule has 4 nitrogen and oxygen atoms in total. The highest BCUT2D eigenvalue weighted by atomic mass is 35.5. The van der Waals surface area contributed by atoms with E-state index in [2.05, 4.69) is 12.2 Å². The molecule has 2 N–H and O–H groups in total. The van der Waals surface area contributed by atoms with Crippen LogP contribution >= 0.6 is 12.4 Å². The van der Waals surface area contributed by atoms with Crippen molar-refractivity contribution in [1.82, 2.24) is 5.32 Å². The second-order valence-corrected chi connectivity index (χ2v) is 4.68. The third kappa shape index (κ3) is 4.92. The summed E-state index contributed by atoms with van der Waals surface area (Å²) in [5, 5.41) is 12.3. The van der Waals surface area contributed by atoms with Gasteiger partial charge in [0.2, 0.25) is 0 Å². The maximum Gasteiger partial charge on any atom is 0.335 e. The number of halogens is 1. The Bertz CT molecular complexity index is 580. The lowest BCUT2D eigenvalue weighted by Gasteiger charge is -2.01. The van der Waals surface area contributed by atoms with Crippen LogP contribution in [0, 0.1) is 0 Å². The summed E-state index contributed by atoms with van der Waals surface area (Å²) in [6, 6.07) is 10.6. The van der Waals surface area contributed by atoms with Crippen LogP contribution in [0.4, 0.5) is 0 Å². The second-order valence-electron chi connectivity index (χ2n) is 4.68. The fourth-order valence-electron chi connectivity index (χ4n) is 1.95. The van der Waals surface area contributed by atoms with E-state index in [9.17, 15) is 4.79 Å². The van der Waals surface area contributed by atoms with E-state index in [1.807, 2.05) is 18.2 Å². The van der Waals surface area contributed by atoms with E-state index in [0.717, 1.165) is 24.3 Å². The van der Waals surface area contributed by atoms with Gasteiger partial charge < -0.3 is 14.8 Å². The highest BCUT2D eigenvalue weighted by Crippen LogP contribution is 2.23. The maximum absolute atomic E-state index is 11.0. The van der Waals surface area contributed by atoms with E-state index in [0.29, 0.717) is 12.3 Å². The summed E-state index contributed by atoms with van der Waals surface area (Å²) in [5.74, 6) is 0.622. The van der Waals surface area contributed by atoms with Crippen LogP contribution in [0.2, 0.25) is 0 Å². The third-order valence-corrected chi connectivity index (χ3v) is 3.06. The number of nitrogens with one attached hydrogen (secondary N) is 1. The van der Waals surface area contributed by atoms with Gasteiger partial charge in [-0.15, -0.1) is 12.4 Å². The molecule has 0 bridgehead atoms. The van der Waals surface area contributed by atoms with Crippen LogP contribution in [0.3, 0.4) is 0 Å². The zero-order chi connectivity index (χ0) is 14.4. The first kappa shape index (κ1) is 17.3. The molecule has 0 amide bonds. The normalized spacial score (nSPS) is 10.1. The first-order valence-corrected chi connectivity index (χ1v) is 6.84. The van der Waals surface area contributed by atoms with Crippen LogP contribution in [0.25, 0.3) is 11.3 Å². The van der Waals surface area contributed by atoms with Crippen molar-refractivity contribution in [2.24, 2.45) is 0 Å². The van der Waals surface area contributed by atoms with E-state index in [4.69, 9.17) is 9.52 Å². The molecule has 0 spiro atoms. The Hall–Kier alpha value is -1.78. The van der Waals surface area contributed by atoms with E-state index in [1.54, 1.807) is 18.2 Å².